The van der Waals surface area contributed by atoms with E-state index in [2.05, 4.69) is 6.92 Å². The molecule has 0 N–H and O–H groups in total. The van der Waals surface area contributed by atoms with Gasteiger partial charge in [0.2, 0.25) is 0 Å². The Labute approximate surface area is 153 Å². The van der Waals surface area contributed by atoms with Crippen LogP contribution < -0.4 is 0 Å². The van der Waals surface area contributed by atoms with Gasteiger partial charge in [0.1, 0.15) is 0 Å². The zero-order valence-corrected chi connectivity index (χ0v) is 16.9. The van der Waals surface area contributed by atoms with E-state index in [9.17, 15) is 0 Å². The molecule has 2 aliphatic carbocycles. The summed E-state index contributed by atoms with van der Waals surface area (Å²) in [6.07, 6.45) is 30.4. The summed E-state index contributed by atoms with van der Waals surface area (Å²) in [7, 11) is 0. The summed E-state index contributed by atoms with van der Waals surface area (Å²) in [5.74, 6) is 3.30. The lowest BCUT2D eigenvalue weighted by Crippen LogP contribution is -2.14. The van der Waals surface area contributed by atoms with Crippen molar-refractivity contribution in [2.24, 2.45) is 17.8 Å². The molecule has 2 saturated carbocycles. The molecule has 0 heterocycles. The van der Waals surface area contributed by atoms with E-state index in [1.54, 1.807) is 51.4 Å². The summed E-state index contributed by atoms with van der Waals surface area (Å²) in [6.45, 7) is 2.31. The van der Waals surface area contributed by atoms with Crippen molar-refractivity contribution in [3.63, 3.8) is 0 Å². The number of hydrogen-bond donors (Lipinski definition) is 0. The van der Waals surface area contributed by atoms with Crippen molar-refractivity contribution < 1.29 is 0 Å². The van der Waals surface area contributed by atoms with Crippen molar-refractivity contribution >= 4 is 0 Å². The van der Waals surface area contributed by atoms with Crippen molar-refractivity contribution in [2.45, 2.75) is 135 Å². The molecule has 0 aromatic heterocycles. The van der Waals surface area contributed by atoms with Crippen molar-refractivity contribution in [1.82, 2.24) is 0 Å². The maximum atomic E-state index is 2.31. The van der Waals surface area contributed by atoms with E-state index >= 15 is 0 Å². The molecule has 0 spiro atoms. The Hall–Kier alpha value is 0. The summed E-state index contributed by atoms with van der Waals surface area (Å²) in [6, 6.07) is 0. The summed E-state index contributed by atoms with van der Waals surface area (Å²) < 4.78 is 0. The molecule has 0 amide bonds. The van der Waals surface area contributed by atoms with Gasteiger partial charge >= 0.3 is 0 Å². The van der Waals surface area contributed by atoms with Crippen LogP contribution in [-0.4, -0.2) is 0 Å². The lowest BCUT2D eigenvalue weighted by atomic mass is 9.80. The maximum absolute atomic E-state index is 2.31. The maximum Gasteiger partial charge on any atom is -0.0386 e. The molecule has 2 rings (SSSR count). The van der Waals surface area contributed by atoms with Crippen LogP contribution in [0.1, 0.15) is 135 Å². The lowest BCUT2D eigenvalue weighted by Gasteiger charge is -2.26. The fraction of sp³-hybridized carbons (Fsp3) is 1.00. The van der Waals surface area contributed by atoms with Gasteiger partial charge < -0.3 is 0 Å². The van der Waals surface area contributed by atoms with Crippen LogP contribution >= 0.6 is 0 Å². The van der Waals surface area contributed by atoms with E-state index in [-0.39, 0.29) is 0 Å². The molecule has 0 saturated heterocycles. The van der Waals surface area contributed by atoms with Gasteiger partial charge in [-0.3, -0.25) is 0 Å². The molecule has 142 valence electrons. The topological polar surface area (TPSA) is 0 Å². The van der Waals surface area contributed by atoms with Gasteiger partial charge in [0.05, 0.1) is 0 Å². The van der Waals surface area contributed by atoms with E-state index in [4.69, 9.17) is 0 Å². The van der Waals surface area contributed by atoms with Crippen molar-refractivity contribution in [2.75, 3.05) is 0 Å². The highest BCUT2D eigenvalue weighted by Crippen LogP contribution is 2.39. The van der Waals surface area contributed by atoms with Gasteiger partial charge in [-0.05, 0) is 24.2 Å². The van der Waals surface area contributed by atoms with Gasteiger partial charge in [-0.1, -0.05) is 129 Å². The molecule has 2 bridgehead atoms. The zero-order chi connectivity index (χ0) is 16.9. The molecule has 2 aliphatic rings. The average Bonchev–Trinajstić information content (AvgIpc) is 2.79. The first-order valence-electron chi connectivity index (χ1n) is 11.9. The first-order valence-corrected chi connectivity index (χ1v) is 11.9. The Morgan fingerprint density at radius 1 is 0.542 bits per heavy atom. The summed E-state index contributed by atoms with van der Waals surface area (Å²) in [5, 5.41) is 0. The molecule has 3 atom stereocenters. The molecule has 0 aromatic rings. The van der Waals surface area contributed by atoms with Crippen LogP contribution in [0.15, 0.2) is 0 Å². The quantitative estimate of drug-likeness (QED) is 0.331. The Morgan fingerprint density at radius 3 is 1.92 bits per heavy atom. The van der Waals surface area contributed by atoms with Gasteiger partial charge in [-0.25, -0.2) is 0 Å². The molecule has 0 aromatic carbocycles. The molecule has 0 nitrogen and oxygen atoms in total. The summed E-state index contributed by atoms with van der Waals surface area (Å²) in [5.41, 5.74) is 0. The Bertz CT molecular complexity index is 282. The normalized spacial score (nSPS) is 28.1. The number of rotatable bonds is 11. The molecular formula is C24H46. The first-order chi connectivity index (χ1) is 11.9. The smallest absolute Gasteiger partial charge is 0.0386 e. The first kappa shape index (κ1) is 20.3. The van der Waals surface area contributed by atoms with E-state index in [1.165, 1.54) is 77.0 Å². The standard InChI is InChI=1S/C24H46/c1-2-3-4-5-6-7-8-9-10-11-17-23-18-13-12-15-22-16-14-19-24(23)21-20-22/h22-24H,2-21H2,1H3. The van der Waals surface area contributed by atoms with Crippen LogP contribution in [0.4, 0.5) is 0 Å². The van der Waals surface area contributed by atoms with E-state index < -0.39 is 0 Å². The minimum Gasteiger partial charge on any atom is -0.0654 e. The predicted octanol–water partition coefficient (Wildman–Crippen LogP) is 8.68. The van der Waals surface area contributed by atoms with Crippen LogP contribution in [0.5, 0.6) is 0 Å². The summed E-state index contributed by atoms with van der Waals surface area (Å²) in [4.78, 5) is 0. The van der Waals surface area contributed by atoms with Gasteiger partial charge in [0.15, 0.2) is 0 Å². The van der Waals surface area contributed by atoms with Gasteiger partial charge in [0, 0.05) is 0 Å². The minimum atomic E-state index is 1.09. The Kier molecular flexibility index (Phi) is 11.2. The van der Waals surface area contributed by atoms with Crippen LogP contribution in [0.3, 0.4) is 0 Å². The van der Waals surface area contributed by atoms with Crippen LogP contribution in [0, 0.1) is 17.8 Å². The largest absolute Gasteiger partial charge is 0.0654 e. The van der Waals surface area contributed by atoms with Crippen molar-refractivity contribution in [3.8, 4) is 0 Å². The third kappa shape index (κ3) is 8.39. The zero-order valence-electron chi connectivity index (χ0n) is 16.9. The fourth-order valence-electron chi connectivity index (χ4n) is 5.52. The molecule has 24 heavy (non-hydrogen) atoms. The molecule has 0 aliphatic heterocycles. The van der Waals surface area contributed by atoms with Gasteiger partial charge in [-0.2, -0.15) is 0 Å². The van der Waals surface area contributed by atoms with Crippen LogP contribution in [0.2, 0.25) is 0 Å². The van der Waals surface area contributed by atoms with E-state index in [0.29, 0.717) is 0 Å². The fourth-order valence-corrected chi connectivity index (χ4v) is 5.52. The van der Waals surface area contributed by atoms with Crippen molar-refractivity contribution in [1.29, 1.82) is 0 Å². The Morgan fingerprint density at radius 2 is 1.17 bits per heavy atom. The highest BCUT2D eigenvalue weighted by Gasteiger charge is 2.26. The SMILES string of the molecule is CCCCCCCCCCCCC1CCCCC2CCCC1CC2. The Balaban J connectivity index is 1.52. The molecule has 0 radical (unpaired) electrons. The average molecular weight is 335 g/mol. The van der Waals surface area contributed by atoms with E-state index in [0.717, 1.165) is 17.8 Å². The lowest BCUT2D eigenvalue weighted by molar-refractivity contribution is 0.255. The third-order valence-corrected chi connectivity index (χ3v) is 7.17. The third-order valence-electron chi connectivity index (χ3n) is 7.17. The number of fused-ring (bicyclic) bond motifs is 3. The minimum absolute atomic E-state index is 1.09. The molecule has 3 unspecified atom stereocenters. The molecular weight excluding hydrogens is 288 g/mol. The second-order valence-electron chi connectivity index (χ2n) is 9.15. The van der Waals surface area contributed by atoms with Crippen LogP contribution in [0.25, 0.3) is 0 Å². The second kappa shape index (κ2) is 13.2. The van der Waals surface area contributed by atoms with E-state index in [1.807, 2.05) is 0 Å². The highest BCUT2D eigenvalue weighted by molar-refractivity contribution is 4.78. The monoisotopic (exact) mass is 334 g/mol. The molecule has 0 heteroatoms. The van der Waals surface area contributed by atoms with Crippen LogP contribution in [-0.2, 0) is 0 Å². The highest BCUT2D eigenvalue weighted by atomic mass is 14.3. The summed E-state index contributed by atoms with van der Waals surface area (Å²) >= 11 is 0. The predicted molar refractivity (Wildman–Crippen MR) is 108 cm³/mol. The molecule has 2 fully saturated rings. The number of hydrogen-bond acceptors (Lipinski definition) is 0. The van der Waals surface area contributed by atoms with Gasteiger partial charge in [-0.15, -0.1) is 0 Å². The second-order valence-corrected chi connectivity index (χ2v) is 9.15. The van der Waals surface area contributed by atoms with Crippen molar-refractivity contribution in [3.05, 3.63) is 0 Å². The number of unbranched alkanes of at least 4 members (excludes halogenated alkanes) is 9. The van der Waals surface area contributed by atoms with Gasteiger partial charge in [0.25, 0.3) is 0 Å².